The van der Waals surface area contributed by atoms with Crippen LogP contribution < -0.4 is 9.80 Å². The Morgan fingerprint density at radius 1 is 0.314 bits per heavy atom. The highest BCUT2D eigenvalue weighted by molar-refractivity contribution is 5.97. The Kier molecular flexibility index (Phi) is 5.64. The third-order valence-electron chi connectivity index (χ3n) is 10.3. The predicted octanol–water partition coefficient (Wildman–Crippen LogP) is 13.0. The molecule has 8 aromatic rings. The largest absolute Gasteiger partial charge is 0.310 e. The van der Waals surface area contributed by atoms with E-state index in [0.29, 0.717) is 11.4 Å². The fourth-order valence-corrected chi connectivity index (χ4v) is 8.33. The lowest BCUT2D eigenvalue weighted by molar-refractivity contribution is 0.793. The van der Waals surface area contributed by atoms with Gasteiger partial charge in [-0.25, -0.2) is 0 Å². The van der Waals surface area contributed by atoms with Gasteiger partial charge in [0.05, 0.1) is 12.3 Å². The summed E-state index contributed by atoms with van der Waals surface area (Å²) in [5.74, 6) is 0. The molecule has 0 saturated heterocycles. The molecule has 0 aliphatic heterocycles. The smallest absolute Gasteiger partial charge is 0.0727 e. The standard InChI is InChI=1S/C49H34N2/c1-5-17-35(18-6-1)50(36-19-7-2-8-20-36)39-29-31-43-41-25-13-15-27-45(41)49(47(43)33-39)46-28-16-14-26-42(46)44-32-30-40(34-48(44)49)51(37-21-9-3-10-22-37)38-23-11-4-12-24-38/h1-34H/i1D,5D,6D,17D,18D. The zero-order chi connectivity index (χ0) is 38.1. The van der Waals surface area contributed by atoms with E-state index >= 15 is 0 Å². The van der Waals surface area contributed by atoms with Gasteiger partial charge in [0.25, 0.3) is 0 Å². The van der Waals surface area contributed by atoms with Crippen LogP contribution in [-0.2, 0) is 5.41 Å². The lowest BCUT2D eigenvalue weighted by Crippen LogP contribution is -2.26. The number of benzene rings is 8. The molecule has 0 amide bonds. The van der Waals surface area contributed by atoms with Crippen LogP contribution in [0.5, 0.6) is 0 Å². The van der Waals surface area contributed by atoms with Crippen LogP contribution in [0.3, 0.4) is 0 Å². The predicted molar refractivity (Wildman–Crippen MR) is 212 cm³/mol. The second kappa shape index (κ2) is 11.8. The van der Waals surface area contributed by atoms with Crippen LogP contribution in [0.4, 0.5) is 34.1 Å². The minimum atomic E-state index is -0.717. The van der Waals surface area contributed by atoms with Crippen molar-refractivity contribution in [2.45, 2.75) is 5.41 Å². The first kappa shape index (κ1) is 24.5. The molecule has 1 spiro atoms. The van der Waals surface area contributed by atoms with Crippen molar-refractivity contribution in [3.8, 4) is 22.3 Å². The lowest BCUT2D eigenvalue weighted by atomic mass is 9.70. The summed E-state index contributed by atoms with van der Waals surface area (Å²) >= 11 is 0. The highest BCUT2D eigenvalue weighted by Gasteiger charge is 2.52. The maximum atomic E-state index is 9.06. The molecular formula is C49H34N2. The summed E-state index contributed by atoms with van der Waals surface area (Å²) in [4.78, 5) is 4.10. The van der Waals surface area contributed by atoms with Crippen LogP contribution in [0, 0.1) is 0 Å². The molecule has 0 fully saturated rings. The third kappa shape index (κ3) is 4.43. The van der Waals surface area contributed by atoms with E-state index in [2.05, 4.69) is 132 Å². The van der Waals surface area contributed by atoms with Crippen LogP contribution in [0.25, 0.3) is 22.3 Å². The van der Waals surface area contributed by atoms with Crippen LogP contribution >= 0.6 is 0 Å². The lowest BCUT2D eigenvalue weighted by Gasteiger charge is -2.33. The van der Waals surface area contributed by atoms with Crippen molar-refractivity contribution in [2.75, 3.05) is 9.80 Å². The molecule has 1 unspecified atom stereocenters. The molecule has 0 radical (unpaired) electrons. The van der Waals surface area contributed by atoms with E-state index in [4.69, 9.17) is 6.85 Å². The average Bonchev–Trinajstić information content (AvgIpc) is 3.71. The summed E-state index contributed by atoms with van der Waals surface area (Å²) in [5.41, 5.74) is 13.0. The van der Waals surface area contributed by atoms with Gasteiger partial charge in [0.2, 0.25) is 0 Å². The first-order chi connectivity index (χ1) is 27.4. The number of hydrogen-bond acceptors (Lipinski definition) is 2. The molecule has 0 saturated carbocycles. The minimum absolute atomic E-state index is 0.0996. The van der Waals surface area contributed by atoms with E-state index in [0.717, 1.165) is 44.9 Å². The monoisotopic (exact) mass is 655 g/mol. The van der Waals surface area contributed by atoms with E-state index in [-0.39, 0.29) is 29.9 Å². The molecule has 0 N–H and O–H groups in total. The van der Waals surface area contributed by atoms with Gasteiger partial charge in [-0.05, 0) is 117 Å². The quantitative estimate of drug-likeness (QED) is 0.176. The van der Waals surface area contributed by atoms with Gasteiger partial charge in [-0.2, -0.15) is 0 Å². The second-order valence-electron chi connectivity index (χ2n) is 13.0. The fraction of sp³-hybridized carbons (Fsp3) is 0.0204. The SMILES string of the molecule is [2H]c1c([2H])c([2H])c(N(c2ccccc2)c2ccc3c(c2)C2(c4ccccc4-c4ccc(N(c5ccccc5)c5ccccc5)cc42)c2ccccc2-3)c([2H])c1[2H]. The van der Waals surface area contributed by atoms with E-state index in [9.17, 15) is 0 Å². The van der Waals surface area contributed by atoms with Crippen LogP contribution in [-0.4, -0.2) is 0 Å². The second-order valence-corrected chi connectivity index (χ2v) is 13.0. The van der Waals surface area contributed by atoms with Crippen molar-refractivity contribution >= 4 is 34.1 Å². The van der Waals surface area contributed by atoms with E-state index in [1.807, 2.05) is 53.4 Å². The fourth-order valence-electron chi connectivity index (χ4n) is 8.33. The molecule has 2 heteroatoms. The average molecular weight is 656 g/mol. The summed E-state index contributed by atoms with van der Waals surface area (Å²) < 4.78 is 43.7. The third-order valence-corrected chi connectivity index (χ3v) is 10.3. The van der Waals surface area contributed by atoms with Crippen LogP contribution in [0.15, 0.2) is 206 Å². The van der Waals surface area contributed by atoms with Crippen molar-refractivity contribution in [3.05, 3.63) is 228 Å². The molecule has 1 atom stereocenters. The van der Waals surface area contributed by atoms with E-state index in [1.54, 1.807) is 0 Å². The summed E-state index contributed by atoms with van der Waals surface area (Å²) in [7, 11) is 0. The van der Waals surface area contributed by atoms with Gasteiger partial charge >= 0.3 is 0 Å². The molecule has 240 valence electrons. The zero-order valence-corrected chi connectivity index (χ0v) is 27.6. The maximum Gasteiger partial charge on any atom is 0.0727 e. The highest BCUT2D eigenvalue weighted by Crippen LogP contribution is 2.64. The molecule has 0 aromatic heterocycles. The van der Waals surface area contributed by atoms with E-state index < -0.39 is 11.5 Å². The van der Waals surface area contributed by atoms with Gasteiger partial charge < -0.3 is 9.80 Å². The summed E-state index contributed by atoms with van der Waals surface area (Å²) in [6.45, 7) is 0. The normalized spacial score (nSPS) is 16.1. The number of fused-ring (bicyclic) bond motifs is 10. The van der Waals surface area contributed by atoms with Gasteiger partial charge in [0, 0.05) is 34.1 Å². The number of rotatable bonds is 6. The Balaban J connectivity index is 1.27. The first-order valence-electron chi connectivity index (χ1n) is 19.7. The van der Waals surface area contributed by atoms with Gasteiger partial charge in [0.15, 0.2) is 0 Å². The van der Waals surface area contributed by atoms with Crippen molar-refractivity contribution in [3.63, 3.8) is 0 Å². The Morgan fingerprint density at radius 2 is 0.686 bits per heavy atom. The summed E-state index contributed by atoms with van der Waals surface area (Å²) in [6.07, 6.45) is 0. The molecule has 8 aromatic carbocycles. The van der Waals surface area contributed by atoms with Gasteiger partial charge in [-0.3, -0.25) is 0 Å². The van der Waals surface area contributed by atoms with Crippen LogP contribution in [0.2, 0.25) is 0 Å². The maximum absolute atomic E-state index is 9.06. The molecule has 51 heavy (non-hydrogen) atoms. The zero-order valence-electron chi connectivity index (χ0n) is 32.6. The van der Waals surface area contributed by atoms with Gasteiger partial charge in [-0.15, -0.1) is 0 Å². The van der Waals surface area contributed by atoms with E-state index in [1.165, 1.54) is 16.7 Å². The Bertz CT molecular complexity index is 2740. The molecular weight excluding hydrogens is 617 g/mol. The van der Waals surface area contributed by atoms with Gasteiger partial charge in [0.1, 0.15) is 0 Å². The van der Waals surface area contributed by atoms with Crippen molar-refractivity contribution in [1.82, 2.24) is 0 Å². The topological polar surface area (TPSA) is 6.48 Å². The number of hydrogen-bond donors (Lipinski definition) is 0. The summed E-state index contributed by atoms with van der Waals surface area (Å²) in [5, 5.41) is 0. The molecule has 2 aliphatic rings. The van der Waals surface area contributed by atoms with Crippen LogP contribution in [0.1, 0.15) is 29.1 Å². The Hall–Kier alpha value is -6.64. The molecule has 2 aliphatic carbocycles. The molecule has 0 heterocycles. The minimum Gasteiger partial charge on any atom is -0.310 e. The van der Waals surface area contributed by atoms with Crippen molar-refractivity contribution < 1.29 is 6.85 Å². The van der Waals surface area contributed by atoms with Gasteiger partial charge in [-0.1, -0.05) is 133 Å². The first-order valence-corrected chi connectivity index (χ1v) is 17.2. The van der Waals surface area contributed by atoms with Crippen molar-refractivity contribution in [1.29, 1.82) is 0 Å². The number of nitrogens with zero attached hydrogens (tertiary/aromatic N) is 2. The highest BCUT2D eigenvalue weighted by atomic mass is 15.1. The molecule has 10 rings (SSSR count). The number of para-hydroxylation sites is 4. The summed E-state index contributed by atoms with van der Waals surface area (Å²) in [6, 6.07) is 59.1. The van der Waals surface area contributed by atoms with Crippen molar-refractivity contribution in [2.24, 2.45) is 0 Å². The Labute approximate surface area is 306 Å². The number of anilines is 6. The molecule has 0 bridgehead atoms. The Morgan fingerprint density at radius 3 is 1.14 bits per heavy atom. The molecule has 2 nitrogen and oxygen atoms in total.